The third kappa shape index (κ3) is 7.51. The lowest BCUT2D eigenvalue weighted by Crippen LogP contribution is -2.33. The average Bonchev–Trinajstić information content (AvgIpc) is 2.62. The average molecular weight is 352 g/mol. The normalized spacial score (nSPS) is 11.6. The van der Waals surface area contributed by atoms with E-state index in [2.05, 4.69) is 34.9 Å². The third-order valence-electron chi connectivity index (χ3n) is 4.31. The maximum atomic E-state index is 12.3. The van der Waals surface area contributed by atoms with Gasteiger partial charge in [-0.3, -0.25) is 9.59 Å². The Morgan fingerprint density at radius 2 is 1.73 bits per heavy atom. The molecule has 0 aliphatic heterocycles. The fraction of sp³-hybridized carbons (Fsp3) is 0.364. The number of carbonyl (C=O) groups is 2. The molecule has 138 valence electrons. The van der Waals surface area contributed by atoms with Crippen molar-refractivity contribution >= 4 is 12.3 Å². The van der Waals surface area contributed by atoms with Gasteiger partial charge in [-0.05, 0) is 49.3 Å². The number of hydrogen-bond acceptors (Lipinski definition) is 2. The monoisotopic (exact) mass is 352 g/mol. The lowest BCUT2D eigenvalue weighted by atomic mass is 10.0. The number of benzene rings is 2. The van der Waals surface area contributed by atoms with Crippen LogP contribution in [0.25, 0.3) is 0 Å². The summed E-state index contributed by atoms with van der Waals surface area (Å²) in [5.41, 5.74) is 3.53. The van der Waals surface area contributed by atoms with Crippen molar-refractivity contribution in [3.05, 3.63) is 71.3 Å². The minimum absolute atomic E-state index is 0.0559. The summed E-state index contributed by atoms with van der Waals surface area (Å²) in [5, 5.41) is 5.71. The van der Waals surface area contributed by atoms with Crippen LogP contribution >= 0.6 is 0 Å². The molecule has 26 heavy (non-hydrogen) atoms. The first-order valence-corrected chi connectivity index (χ1v) is 9.25. The Bertz CT molecular complexity index is 686. The summed E-state index contributed by atoms with van der Waals surface area (Å²) in [6, 6.07) is 18.7. The fourth-order valence-electron chi connectivity index (χ4n) is 3.00. The third-order valence-corrected chi connectivity index (χ3v) is 4.31. The highest BCUT2D eigenvalue weighted by Crippen LogP contribution is 2.12. The summed E-state index contributed by atoms with van der Waals surface area (Å²) in [5.74, 6) is 0.0559. The minimum atomic E-state index is 0.0559. The molecular weight excluding hydrogens is 324 g/mol. The van der Waals surface area contributed by atoms with Crippen LogP contribution in [0.15, 0.2) is 54.6 Å². The number of amides is 2. The first-order chi connectivity index (χ1) is 12.7. The van der Waals surface area contributed by atoms with Gasteiger partial charge in [-0.15, -0.1) is 0 Å². The smallest absolute Gasteiger partial charge is 0.224 e. The zero-order valence-corrected chi connectivity index (χ0v) is 15.4. The molecule has 0 aliphatic carbocycles. The molecule has 4 heteroatoms. The fourth-order valence-corrected chi connectivity index (χ4v) is 3.00. The van der Waals surface area contributed by atoms with E-state index in [-0.39, 0.29) is 11.9 Å². The highest BCUT2D eigenvalue weighted by atomic mass is 16.1. The van der Waals surface area contributed by atoms with Crippen LogP contribution in [0.5, 0.6) is 0 Å². The van der Waals surface area contributed by atoms with Crippen molar-refractivity contribution in [2.75, 3.05) is 6.54 Å². The van der Waals surface area contributed by atoms with E-state index in [1.807, 2.05) is 37.3 Å². The maximum Gasteiger partial charge on any atom is 0.224 e. The Labute approximate surface area is 156 Å². The zero-order valence-electron chi connectivity index (χ0n) is 15.4. The predicted molar refractivity (Wildman–Crippen MR) is 105 cm³/mol. The van der Waals surface area contributed by atoms with Gasteiger partial charge in [0.1, 0.15) is 0 Å². The molecule has 0 spiro atoms. The van der Waals surface area contributed by atoms with E-state index in [1.54, 1.807) is 0 Å². The summed E-state index contributed by atoms with van der Waals surface area (Å²) in [6.45, 7) is 2.72. The number of carbonyl (C=O) groups excluding carboxylic acids is 2. The van der Waals surface area contributed by atoms with Crippen molar-refractivity contribution < 1.29 is 9.59 Å². The van der Waals surface area contributed by atoms with Crippen LogP contribution < -0.4 is 10.6 Å². The standard InChI is InChI=1S/C22H28N2O2/c1-18(8-5-6-13-23-17-25)24-22(26)16-21-12-7-11-20(15-21)14-19-9-3-2-4-10-19/h2-4,7,9-12,15,17-18H,5-6,8,13-14,16H2,1H3,(H,23,25)(H,24,26). The van der Waals surface area contributed by atoms with Crippen LogP contribution in [0.4, 0.5) is 0 Å². The van der Waals surface area contributed by atoms with E-state index >= 15 is 0 Å². The van der Waals surface area contributed by atoms with Crippen molar-refractivity contribution in [1.29, 1.82) is 0 Å². The molecule has 2 amide bonds. The Balaban J connectivity index is 1.77. The number of unbranched alkanes of at least 4 members (excludes halogenated alkanes) is 1. The Morgan fingerprint density at radius 3 is 2.50 bits per heavy atom. The van der Waals surface area contributed by atoms with Crippen molar-refractivity contribution in [2.45, 2.75) is 45.1 Å². The van der Waals surface area contributed by atoms with Gasteiger partial charge in [-0.2, -0.15) is 0 Å². The van der Waals surface area contributed by atoms with Crippen molar-refractivity contribution in [1.82, 2.24) is 10.6 Å². The summed E-state index contributed by atoms with van der Waals surface area (Å²) in [6.07, 6.45) is 4.83. The second kappa shape index (κ2) is 11.1. The molecule has 4 nitrogen and oxygen atoms in total. The van der Waals surface area contributed by atoms with E-state index in [1.165, 1.54) is 11.1 Å². The summed E-state index contributed by atoms with van der Waals surface area (Å²) in [7, 11) is 0. The molecule has 1 atom stereocenters. The van der Waals surface area contributed by atoms with E-state index in [4.69, 9.17) is 0 Å². The zero-order chi connectivity index (χ0) is 18.6. The molecule has 0 saturated carbocycles. The molecule has 0 aromatic heterocycles. The molecule has 2 aromatic carbocycles. The van der Waals surface area contributed by atoms with E-state index in [9.17, 15) is 9.59 Å². The first kappa shape index (κ1) is 19.7. The lowest BCUT2D eigenvalue weighted by molar-refractivity contribution is -0.121. The van der Waals surface area contributed by atoms with Crippen molar-refractivity contribution in [3.8, 4) is 0 Å². The quantitative estimate of drug-likeness (QED) is 0.482. The van der Waals surface area contributed by atoms with Crippen LogP contribution in [-0.4, -0.2) is 24.9 Å². The summed E-state index contributed by atoms with van der Waals surface area (Å²) < 4.78 is 0. The van der Waals surface area contributed by atoms with Crippen LogP contribution in [0.3, 0.4) is 0 Å². The van der Waals surface area contributed by atoms with E-state index in [0.29, 0.717) is 13.0 Å². The van der Waals surface area contributed by atoms with Gasteiger partial charge >= 0.3 is 0 Å². The van der Waals surface area contributed by atoms with Crippen molar-refractivity contribution in [2.24, 2.45) is 0 Å². The summed E-state index contributed by atoms with van der Waals surface area (Å²) in [4.78, 5) is 22.4. The van der Waals surface area contributed by atoms with Gasteiger partial charge in [0.05, 0.1) is 6.42 Å². The van der Waals surface area contributed by atoms with Crippen LogP contribution in [0.2, 0.25) is 0 Å². The van der Waals surface area contributed by atoms with Crippen LogP contribution in [0.1, 0.15) is 42.9 Å². The van der Waals surface area contributed by atoms with Gasteiger partial charge in [-0.25, -0.2) is 0 Å². The first-order valence-electron chi connectivity index (χ1n) is 9.25. The van der Waals surface area contributed by atoms with Crippen LogP contribution in [-0.2, 0) is 22.4 Å². The van der Waals surface area contributed by atoms with Crippen molar-refractivity contribution in [3.63, 3.8) is 0 Å². The molecule has 0 bridgehead atoms. The molecule has 0 fully saturated rings. The van der Waals surface area contributed by atoms with Gasteiger partial charge in [0.15, 0.2) is 0 Å². The Kier molecular flexibility index (Phi) is 8.40. The molecule has 0 heterocycles. The highest BCUT2D eigenvalue weighted by molar-refractivity contribution is 5.78. The lowest BCUT2D eigenvalue weighted by Gasteiger charge is -2.14. The second-order valence-electron chi connectivity index (χ2n) is 6.70. The molecule has 2 N–H and O–H groups in total. The largest absolute Gasteiger partial charge is 0.359 e. The minimum Gasteiger partial charge on any atom is -0.359 e. The SMILES string of the molecule is CC(CCCCNC=O)NC(=O)Cc1cccc(Cc2ccccc2)c1. The van der Waals surface area contributed by atoms with E-state index < -0.39 is 0 Å². The highest BCUT2D eigenvalue weighted by Gasteiger charge is 2.08. The Hall–Kier alpha value is -2.62. The Morgan fingerprint density at radius 1 is 1.00 bits per heavy atom. The molecule has 0 saturated heterocycles. The topological polar surface area (TPSA) is 58.2 Å². The number of hydrogen-bond donors (Lipinski definition) is 2. The molecular formula is C22H28N2O2. The summed E-state index contributed by atoms with van der Waals surface area (Å²) >= 11 is 0. The van der Waals surface area contributed by atoms with E-state index in [0.717, 1.165) is 37.7 Å². The van der Waals surface area contributed by atoms with Gasteiger partial charge in [0.25, 0.3) is 0 Å². The second-order valence-corrected chi connectivity index (χ2v) is 6.70. The molecule has 2 aromatic rings. The number of nitrogens with one attached hydrogen (secondary N) is 2. The molecule has 0 radical (unpaired) electrons. The molecule has 0 aliphatic rings. The van der Waals surface area contributed by atoms with Gasteiger partial charge in [0.2, 0.25) is 12.3 Å². The number of rotatable bonds is 11. The van der Waals surface area contributed by atoms with Gasteiger partial charge in [0, 0.05) is 12.6 Å². The maximum absolute atomic E-state index is 12.3. The van der Waals surface area contributed by atoms with Gasteiger partial charge in [-0.1, -0.05) is 54.6 Å². The molecule has 2 rings (SSSR count). The van der Waals surface area contributed by atoms with Gasteiger partial charge < -0.3 is 10.6 Å². The predicted octanol–water partition coefficient (Wildman–Crippen LogP) is 3.24. The molecule has 1 unspecified atom stereocenters. The van der Waals surface area contributed by atoms with Crippen LogP contribution in [0, 0.1) is 0 Å².